The van der Waals surface area contributed by atoms with Crippen molar-refractivity contribution in [2.75, 3.05) is 13.1 Å². The minimum atomic E-state index is -0.329. The van der Waals surface area contributed by atoms with Gasteiger partial charge < -0.3 is 10.0 Å². The highest BCUT2D eigenvalue weighted by molar-refractivity contribution is 7.10. The zero-order valence-corrected chi connectivity index (χ0v) is 9.54. The van der Waals surface area contributed by atoms with Crippen LogP contribution < -0.4 is 0 Å². The largest absolute Gasteiger partial charge is 0.391 e. The fraction of sp³-hybridized carbons (Fsp3) is 0.545. The lowest BCUT2D eigenvalue weighted by Crippen LogP contribution is -2.32. The average Bonchev–Trinajstić information content (AvgIpc) is 2.85. The first kappa shape index (κ1) is 10.6. The molecule has 15 heavy (non-hydrogen) atoms. The molecule has 1 fully saturated rings. The molecule has 0 aromatic carbocycles. The second-order valence-electron chi connectivity index (χ2n) is 3.96. The minimum absolute atomic E-state index is 0.0738. The van der Waals surface area contributed by atoms with E-state index in [-0.39, 0.29) is 17.9 Å². The standard InChI is InChI=1S/C11H15NO2S/c1-8(10-3-2-6-15-10)11(14)12-5-4-9(13)7-12/h2-3,6,8-9,13H,4-5,7H2,1H3/t8?,9-/m0/s1. The van der Waals surface area contributed by atoms with Gasteiger partial charge in [0.05, 0.1) is 12.0 Å². The lowest BCUT2D eigenvalue weighted by molar-refractivity contribution is -0.131. The summed E-state index contributed by atoms with van der Waals surface area (Å²) in [7, 11) is 0. The summed E-state index contributed by atoms with van der Waals surface area (Å²) in [5.41, 5.74) is 0. The molecule has 1 aromatic heterocycles. The smallest absolute Gasteiger partial charge is 0.230 e. The highest BCUT2D eigenvalue weighted by Gasteiger charge is 2.28. The number of rotatable bonds is 2. The molecule has 0 radical (unpaired) electrons. The second kappa shape index (κ2) is 4.33. The Bertz CT molecular complexity index is 336. The van der Waals surface area contributed by atoms with Crippen molar-refractivity contribution in [1.82, 2.24) is 4.90 Å². The minimum Gasteiger partial charge on any atom is -0.391 e. The molecule has 82 valence electrons. The van der Waals surface area contributed by atoms with Crippen molar-refractivity contribution in [3.8, 4) is 0 Å². The summed E-state index contributed by atoms with van der Waals surface area (Å²) >= 11 is 1.61. The van der Waals surface area contributed by atoms with Crippen LogP contribution in [-0.4, -0.2) is 35.1 Å². The number of hydrogen-bond donors (Lipinski definition) is 1. The van der Waals surface area contributed by atoms with Crippen molar-refractivity contribution in [3.63, 3.8) is 0 Å². The van der Waals surface area contributed by atoms with Gasteiger partial charge in [-0.3, -0.25) is 4.79 Å². The SMILES string of the molecule is CC(C(=O)N1CC[C@H](O)C1)c1cccs1. The van der Waals surface area contributed by atoms with Crippen molar-refractivity contribution < 1.29 is 9.90 Å². The molecule has 3 nitrogen and oxygen atoms in total. The molecular weight excluding hydrogens is 210 g/mol. The summed E-state index contributed by atoms with van der Waals surface area (Å²) in [6.45, 7) is 3.11. The van der Waals surface area contributed by atoms with E-state index in [1.165, 1.54) is 0 Å². The van der Waals surface area contributed by atoms with Crippen LogP contribution in [0, 0.1) is 0 Å². The van der Waals surface area contributed by atoms with Gasteiger partial charge in [-0.2, -0.15) is 0 Å². The number of thiophene rings is 1. The molecule has 0 bridgehead atoms. The van der Waals surface area contributed by atoms with E-state index in [4.69, 9.17) is 0 Å². The summed E-state index contributed by atoms with van der Waals surface area (Å²) in [5, 5.41) is 11.4. The lowest BCUT2D eigenvalue weighted by Gasteiger charge is -2.19. The molecule has 1 saturated heterocycles. The molecule has 1 unspecified atom stereocenters. The van der Waals surface area contributed by atoms with Crippen molar-refractivity contribution in [3.05, 3.63) is 22.4 Å². The van der Waals surface area contributed by atoms with E-state index in [0.717, 1.165) is 4.88 Å². The second-order valence-corrected chi connectivity index (χ2v) is 4.94. The third kappa shape index (κ3) is 2.21. The van der Waals surface area contributed by atoms with Gasteiger partial charge in [0.2, 0.25) is 5.91 Å². The summed E-state index contributed by atoms with van der Waals surface area (Å²) < 4.78 is 0. The predicted molar refractivity (Wildman–Crippen MR) is 59.9 cm³/mol. The normalized spacial score (nSPS) is 23.1. The topological polar surface area (TPSA) is 40.5 Å². The Morgan fingerprint density at radius 1 is 1.73 bits per heavy atom. The first-order valence-electron chi connectivity index (χ1n) is 5.18. The van der Waals surface area contributed by atoms with Gasteiger partial charge >= 0.3 is 0 Å². The fourth-order valence-electron chi connectivity index (χ4n) is 1.88. The molecule has 2 heterocycles. The molecule has 4 heteroatoms. The van der Waals surface area contributed by atoms with Gasteiger partial charge in [0.25, 0.3) is 0 Å². The molecule has 0 spiro atoms. The maximum absolute atomic E-state index is 12.0. The molecule has 1 amide bonds. The van der Waals surface area contributed by atoms with Gasteiger partial charge in [0, 0.05) is 18.0 Å². The number of aliphatic hydroxyl groups is 1. The number of amides is 1. The quantitative estimate of drug-likeness (QED) is 0.827. The third-order valence-electron chi connectivity index (χ3n) is 2.82. The zero-order chi connectivity index (χ0) is 10.8. The van der Waals surface area contributed by atoms with Gasteiger partial charge in [0.1, 0.15) is 0 Å². The Morgan fingerprint density at radius 2 is 2.53 bits per heavy atom. The van der Waals surface area contributed by atoms with Crippen molar-refractivity contribution in [2.24, 2.45) is 0 Å². The molecule has 2 atom stereocenters. The fourth-order valence-corrected chi connectivity index (χ4v) is 2.65. The van der Waals surface area contributed by atoms with E-state index in [0.29, 0.717) is 19.5 Å². The molecule has 2 rings (SSSR count). The number of β-amino-alcohol motifs (C(OH)–C–C–N with tert-alkyl or cyclic N) is 1. The first-order chi connectivity index (χ1) is 7.18. The number of aliphatic hydroxyl groups excluding tert-OH is 1. The number of carbonyl (C=O) groups is 1. The van der Waals surface area contributed by atoms with Crippen molar-refractivity contribution in [1.29, 1.82) is 0 Å². The van der Waals surface area contributed by atoms with Gasteiger partial charge in [-0.15, -0.1) is 11.3 Å². The zero-order valence-electron chi connectivity index (χ0n) is 8.72. The highest BCUT2D eigenvalue weighted by atomic mass is 32.1. The molecule has 1 aliphatic heterocycles. The van der Waals surface area contributed by atoms with E-state index in [1.807, 2.05) is 24.4 Å². The average molecular weight is 225 g/mol. The van der Waals surface area contributed by atoms with Crippen LogP contribution in [0.5, 0.6) is 0 Å². The van der Waals surface area contributed by atoms with E-state index in [2.05, 4.69) is 0 Å². The molecule has 0 saturated carbocycles. The van der Waals surface area contributed by atoms with Crippen LogP contribution in [0.4, 0.5) is 0 Å². The van der Waals surface area contributed by atoms with Crippen LogP contribution >= 0.6 is 11.3 Å². The van der Waals surface area contributed by atoms with Crippen LogP contribution in [-0.2, 0) is 4.79 Å². The molecular formula is C11H15NO2S. The highest BCUT2D eigenvalue weighted by Crippen LogP contribution is 2.24. The number of carbonyl (C=O) groups excluding carboxylic acids is 1. The first-order valence-corrected chi connectivity index (χ1v) is 6.06. The van der Waals surface area contributed by atoms with E-state index in [1.54, 1.807) is 16.2 Å². The summed E-state index contributed by atoms with van der Waals surface area (Å²) in [6.07, 6.45) is 0.382. The molecule has 1 aromatic rings. The third-order valence-corrected chi connectivity index (χ3v) is 3.87. The van der Waals surface area contributed by atoms with Crippen molar-refractivity contribution in [2.45, 2.75) is 25.4 Å². The van der Waals surface area contributed by atoms with Gasteiger partial charge in [-0.05, 0) is 24.8 Å². The summed E-state index contributed by atoms with van der Waals surface area (Å²) in [6, 6.07) is 3.95. The monoisotopic (exact) mass is 225 g/mol. The Morgan fingerprint density at radius 3 is 3.07 bits per heavy atom. The molecule has 1 N–H and O–H groups in total. The summed E-state index contributed by atoms with van der Waals surface area (Å²) in [5.74, 6) is 0.0595. The maximum Gasteiger partial charge on any atom is 0.230 e. The number of nitrogens with zero attached hydrogens (tertiary/aromatic N) is 1. The van der Waals surface area contributed by atoms with Gasteiger partial charge in [-0.1, -0.05) is 6.07 Å². The maximum atomic E-state index is 12.0. The van der Waals surface area contributed by atoms with Crippen LogP contribution in [0.25, 0.3) is 0 Å². The van der Waals surface area contributed by atoms with Crippen LogP contribution in [0.2, 0.25) is 0 Å². The Kier molecular flexibility index (Phi) is 3.07. The number of likely N-dealkylation sites (tertiary alicyclic amines) is 1. The van der Waals surface area contributed by atoms with Crippen LogP contribution in [0.15, 0.2) is 17.5 Å². The predicted octanol–water partition coefficient (Wildman–Crippen LogP) is 1.44. The number of hydrogen-bond acceptors (Lipinski definition) is 3. The molecule has 0 aliphatic carbocycles. The van der Waals surface area contributed by atoms with E-state index < -0.39 is 0 Å². The Hall–Kier alpha value is -0.870. The van der Waals surface area contributed by atoms with E-state index in [9.17, 15) is 9.90 Å². The van der Waals surface area contributed by atoms with Gasteiger partial charge in [-0.25, -0.2) is 0 Å². The molecule has 1 aliphatic rings. The van der Waals surface area contributed by atoms with Crippen LogP contribution in [0.3, 0.4) is 0 Å². The van der Waals surface area contributed by atoms with Gasteiger partial charge in [0.15, 0.2) is 0 Å². The van der Waals surface area contributed by atoms with E-state index >= 15 is 0 Å². The van der Waals surface area contributed by atoms with Crippen LogP contribution in [0.1, 0.15) is 24.1 Å². The summed E-state index contributed by atoms with van der Waals surface area (Å²) in [4.78, 5) is 14.9. The Labute approximate surface area is 93.3 Å². The van der Waals surface area contributed by atoms with Crippen molar-refractivity contribution >= 4 is 17.2 Å². The lowest BCUT2D eigenvalue weighted by atomic mass is 10.1. The Balaban J connectivity index is 2.02.